The highest BCUT2D eigenvalue weighted by atomic mass is 16.6. The van der Waals surface area contributed by atoms with Crippen LogP contribution in [-0.4, -0.2) is 44.9 Å². The Morgan fingerprint density at radius 2 is 1.61 bits per heavy atom. The molecule has 0 amide bonds. The highest BCUT2D eigenvalue weighted by molar-refractivity contribution is 6.09. The van der Waals surface area contributed by atoms with Crippen LogP contribution in [0.15, 0.2) is 95.1 Å². The van der Waals surface area contributed by atoms with E-state index in [1.807, 2.05) is 73.7 Å². The summed E-state index contributed by atoms with van der Waals surface area (Å²) in [5, 5.41) is 0. The zero-order chi connectivity index (χ0) is 28.8. The third-order valence-corrected chi connectivity index (χ3v) is 7.73. The number of hydrogen-bond acceptors (Lipinski definition) is 7. The Kier molecular flexibility index (Phi) is 8.95. The van der Waals surface area contributed by atoms with E-state index < -0.39 is 17.8 Å². The minimum Gasteiger partial charge on any atom is -0.493 e. The minimum absolute atomic E-state index is 0.000541. The van der Waals surface area contributed by atoms with Crippen LogP contribution in [0, 0.1) is 5.92 Å². The van der Waals surface area contributed by atoms with Crippen LogP contribution in [-0.2, 0) is 25.7 Å². The molecule has 0 bridgehead atoms. The van der Waals surface area contributed by atoms with Gasteiger partial charge < -0.3 is 18.9 Å². The monoisotopic (exact) mass is 553 g/mol. The summed E-state index contributed by atoms with van der Waals surface area (Å²) in [4.78, 5) is 32.2. The molecule has 7 nitrogen and oxygen atoms in total. The largest absolute Gasteiger partial charge is 0.493 e. The number of methoxy groups -OCH3 is 2. The van der Waals surface area contributed by atoms with Gasteiger partial charge in [-0.3, -0.25) is 14.6 Å². The molecule has 0 aromatic heterocycles. The molecule has 212 valence electrons. The predicted octanol–water partition coefficient (Wildman–Crippen LogP) is 6.04. The van der Waals surface area contributed by atoms with Gasteiger partial charge in [0.15, 0.2) is 17.3 Å². The number of allylic oxidation sites excluding steroid dienone is 2. The average Bonchev–Trinajstić information content (AvgIpc) is 3.00. The highest BCUT2D eigenvalue weighted by Crippen LogP contribution is 2.48. The van der Waals surface area contributed by atoms with Gasteiger partial charge in [-0.15, -0.1) is 0 Å². The van der Waals surface area contributed by atoms with E-state index in [-0.39, 0.29) is 24.9 Å². The molecule has 3 aromatic carbocycles. The summed E-state index contributed by atoms with van der Waals surface area (Å²) < 4.78 is 22.4. The molecule has 41 heavy (non-hydrogen) atoms. The van der Waals surface area contributed by atoms with E-state index in [4.69, 9.17) is 23.9 Å². The topological polar surface area (TPSA) is 83.4 Å². The maximum atomic E-state index is 13.9. The average molecular weight is 554 g/mol. The summed E-state index contributed by atoms with van der Waals surface area (Å²) in [6.07, 6.45) is 0.981. The number of Topliss-reactive ketones (excluding diaryl/α,β-unsaturated/α-hetero) is 1. The van der Waals surface area contributed by atoms with Gasteiger partial charge in [-0.25, -0.2) is 0 Å². The van der Waals surface area contributed by atoms with Gasteiger partial charge in [0.25, 0.3) is 0 Å². The maximum absolute atomic E-state index is 13.9. The molecule has 0 saturated heterocycles. The van der Waals surface area contributed by atoms with E-state index in [2.05, 4.69) is 12.1 Å². The van der Waals surface area contributed by atoms with Gasteiger partial charge in [-0.2, -0.15) is 0 Å². The summed E-state index contributed by atoms with van der Waals surface area (Å²) in [5.41, 5.74) is 4.86. The van der Waals surface area contributed by atoms with E-state index in [1.165, 1.54) is 0 Å². The Balaban J connectivity index is 1.51. The Bertz CT molecular complexity index is 1450. The predicted molar refractivity (Wildman–Crippen MR) is 156 cm³/mol. The van der Waals surface area contributed by atoms with E-state index in [9.17, 15) is 9.59 Å². The fourth-order valence-corrected chi connectivity index (χ4v) is 5.73. The first-order valence-electron chi connectivity index (χ1n) is 13.9. The quantitative estimate of drug-likeness (QED) is 0.225. The number of carbonyl (C=O) groups is 2. The molecule has 0 spiro atoms. The molecule has 1 aliphatic carbocycles. The molecule has 1 heterocycles. The molecule has 1 aliphatic heterocycles. The Hall–Kier alpha value is -4.23. The Morgan fingerprint density at radius 3 is 2.32 bits per heavy atom. The Morgan fingerprint density at radius 1 is 0.878 bits per heavy atom. The molecule has 1 unspecified atom stereocenters. The molecule has 0 radical (unpaired) electrons. The van der Waals surface area contributed by atoms with Crippen molar-refractivity contribution < 1.29 is 28.5 Å². The number of benzene rings is 3. The van der Waals surface area contributed by atoms with Crippen LogP contribution in [0.1, 0.15) is 48.3 Å². The first-order valence-corrected chi connectivity index (χ1v) is 13.9. The van der Waals surface area contributed by atoms with Gasteiger partial charge in [0, 0.05) is 36.4 Å². The van der Waals surface area contributed by atoms with E-state index in [0.717, 1.165) is 22.4 Å². The Labute approximate surface area is 240 Å². The van der Waals surface area contributed by atoms with Crippen LogP contribution in [0.5, 0.6) is 11.5 Å². The van der Waals surface area contributed by atoms with Gasteiger partial charge in [0.05, 0.1) is 13.7 Å². The molecule has 0 fully saturated rings. The second kappa shape index (κ2) is 13.0. The molecule has 0 N–H and O–H groups in total. The smallest absolute Gasteiger partial charge is 0.315 e. The highest BCUT2D eigenvalue weighted by Gasteiger charge is 2.45. The zero-order valence-corrected chi connectivity index (χ0v) is 23.7. The molecular formula is C34H35NO6. The summed E-state index contributed by atoms with van der Waals surface area (Å²) in [6, 6.07) is 25.5. The number of nitrogens with zero attached hydrogens (tertiary/aromatic N) is 1. The van der Waals surface area contributed by atoms with Crippen LogP contribution in [0.3, 0.4) is 0 Å². The molecule has 2 aliphatic rings. The number of rotatable bonds is 10. The minimum atomic E-state index is -0.747. The van der Waals surface area contributed by atoms with Crippen molar-refractivity contribution in [3.63, 3.8) is 0 Å². The second-order valence-corrected chi connectivity index (χ2v) is 10.4. The summed E-state index contributed by atoms with van der Waals surface area (Å²) in [5.74, 6) is -0.595. The maximum Gasteiger partial charge on any atom is 0.315 e. The molecule has 5 rings (SSSR count). The number of ether oxygens (including phenoxy) is 4. The third-order valence-electron chi connectivity index (χ3n) is 7.73. The van der Waals surface area contributed by atoms with Gasteiger partial charge in [0.2, 0.25) is 0 Å². The van der Waals surface area contributed by atoms with Crippen molar-refractivity contribution >= 4 is 17.5 Å². The van der Waals surface area contributed by atoms with E-state index in [1.54, 1.807) is 14.2 Å². The van der Waals surface area contributed by atoms with Crippen LogP contribution in [0.25, 0.3) is 0 Å². The fraction of sp³-hybridized carbons (Fsp3) is 0.324. The number of aliphatic imine (C=N–C) groups is 1. The summed E-state index contributed by atoms with van der Waals surface area (Å²) >= 11 is 0. The SMILES string of the molecule is COCCOC(=O)C1C(C)=NC2=C(C(=O)C[C@H](c3ccccc3)C2)[C@H]1c1ccc(OCc2ccccc2)c(OC)c1. The molecule has 3 aromatic rings. The lowest BCUT2D eigenvalue weighted by Gasteiger charge is -2.36. The van der Waals surface area contributed by atoms with Crippen molar-refractivity contribution in [1.29, 1.82) is 0 Å². The van der Waals surface area contributed by atoms with E-state index >= 15 is 0 Å². The first-order chi connectivity index (χ1) is 20.0. The second-order valence-electron chi connectivity index (χ2n) is 10.4. The van der Waals surface area contributed by atoms with Crippen LogP contribution >= 0.6 is 0 Å². The van der Waals surface area contributed by atoms with Crippen molar-refractivity contribution in [1.82, 2.24) is 0 Å². The molecule has 0 saturated carbocycles. The van der Waals surface area contributed by atoms with Crippen LogP contribution in [0.2, 0.25) is 0 Å². The van der Waals surface area contributed by atoms with Crippen LogP contribution in [0.4, 0.5) is 0 Å². The lowest BCUT2D eigenvalue weighted by molar-refractivity contribution is -0.147. The van der Waals surface area contributed by atoms with Gasteiger partial charge >= 0.3 is 5.97 Å². The van der Waals surface area contributed by atoms with E-state index in [0.29, 0.717) is 42.2 Å². The van der Waals surface area contributed by atoms with Crippen LogP contribution < -0.4 is 9.47 Å². The van der Waals surface area contributed by atoms with Gasteiger partial charge in [0.1, 0.15) is 19.1 Å². The third kappa shape index (κ3) is 6.25. The standard InChI is InChI=1S/C34H35NO6/c1-22-31(34(37)40-17-16-38-2)32(33-27(35-22)18-26(19-28(33)36)24-12-8-5-9-13-24)25-14-15-29(30(20-25)39-3)41-21-23-10-6-4-7-11-23/h4-15,20,26,31-32H,16-19,21H2,1-3H3/t26-,31?,32+/m1/s1. The number of carbonyl (C=O) groups excluding carboxylic acids is 2. The zero-order valence-electron chi connectivity index (χ0n) is 23.7. The van der Waals surface area contributed by atoms with Crippen molar-refractivity contribution in [3.05, 3.63) is 107 Å². The van der Waals surface area contributed by atoms with Crippen molar-refractivity contribution in [3.8, 4) is 11.5 Å². The van der Waals surface area contributed by atoms with Crippen molar-refractivity contribution in [2.45, 2.75) is 38.2 Å². The molecule has 7 heteroatoms. The number of esters is 1. The molecule has 3 atom stereocenters. The van der Waals surface area contributed by atoms with Gasteiger partial charge in [-0.05, 0) is 48.1 Å². The molecular weight excluding hydrogens is 518 g/mol. The lowest BCUT2D eigenvalue weighted by atomic mass is 9.69. The summed E-state index contributed by atoms with van der Waals surface area (Å²) in [7, 11) is 3.14. The van der Waals surface area contributed by atoms with Crippen molar-refractivity contribution in [2.75, 3.05) is 27.4 Å². The normalized spacial score (nSPS) is 20.2. The van der Waals surface area contributed by atoms with Crippen molar-refractivity contribution in [2.24, 2.45) is 10.9 Å². The number of ketones is 1. The summed E-state index contributed by atoms with van der Waals surface area (Å²) in [6.45, 7) is 2.63. The van der Waals surface area contributed by atoms with Gasteiger partial charge in [-0.1, -0.05) is 66.7 Å². The number of hydrogen-bond donors (Lipinski definition) is 0. The fourth-order valence-electron chi connectivity index (χ4n) is 5.73. The first kappa shape index (κ1) is 28.3. The lowest BCUT2D eigenvalue weighted by Crippen LogP contribution is -2.38.